The highest BCUT2D eigenvalue weighted by Crippen LogP contribution is 2.16. The van der Waals surface area contributed by atoms with Gasteiger partial charge in [-0.05, 0) is 45.0 Å². The number of nitrogens with zero attached hydrogens (tertiary/aromatic N) is 1. The molecule has 0 radical (unpaired) electrons. The van der Waals surface area contributed by atoms with Crippen LogP contribution in [0.2, 0.25) is 0 Å². The molecule has 134 valence electrons. The van der Waals surface area contributed by atoms with E-state index in [4.69, 9.17) is 4.74 Å². The van der Waals surface area contributed by atoms with Crippen molar-refractivity contribution >= 4 is 5.91 Å². The molecule has 2 aromatic rings. The summed E-state index contributed by atoms with van der Waals surface area (Å²) >= 11 is 0. The van der Waals surface area contributed by atoms with Gasteiger partial charge < -0.3 is 10.1 Å². The zero-order valence-corrected chi connectivity index (χ0v) is 15.5. The van der Waals surface area contributed by atoms with Crippen molar-refractivity contribution in [1.29, 1.82) is 0 Å². The number of ether oxygens (including phenoxy) is 1. The smallest absolute Gasteiger partial charge is 0.237 e. The maximum Gasteiger partial charge on any atom is 0.237 e. The summed E-state index contributed by atoms with van der Waals surface area (Å²) in [5.41, 5.74) is 2.22. The number of likely N-dealkylation sites (N-methyl/N-ethyl adjacent to an activating group) is 1. The number of aryl methyl sites for hydroxylation is 1. The van der Waals surface area contributed by atoms with Gasteiger partial charge in [0.2, 0.25) is 5.91 Å². The van der Waals surface area contributed by atoms with Crippen molar-refractivity contribution in [3.63, 3.8) is 0 Å². The Hall–Kier alpha value is -2.33. The highest BCUT2D eigenvalue weighted by atomic mass is 16.5. The lowest BCUT2D eigenvalue weighted by molar-refractivity contribution is -0.126. The molecule has 0 fully saturated rings. The van der Waals surface area contributed by atoms with E-state index in [1.54, 1.807) is 0 Å². The molecular weight excluding hydrogens is 312 g/mol. The van der Waals surface area contributed by atoms with Crippen molar-refractivity contribution in [1.82, 2.24) is 10.2 Å². The minimum absolute atomic E-state index is 0.00670. The Kier molecular flexibility index (Phi) is 7.02. The van der Waals surface area contributed by atoms with E-state index in [0.29, 0.717) is 13.2 Å². The van der Waals surface area contributed by atoms with Gasteiger partial charge in [0.1, 0.15) is 12.4 Å². The Morgan fingerprint density at radius 1 is 1.08 bits per heavy atom. The average molecular weight is 340 g/mol. The zero-order valence-electron chi connectivity index (χ0n) is 15.5. The van der Waals surface area contributed by atoms with E-state index in [-0.39, 0.29) is 18.0 Å². The Morgan fingerprint density at radius 3 is 2.40 bits per heavy atom. The van der Waals surface area contributed by atoms with E-state index in [9.17, 15) is 4.79 Å². The summed E-state index contributed by atoms with van der Waals surface area (Å²) < 4.78 is 5.81. The van der Waals surface area contributed by atoms with E-state index in [1.807, 2.05) is 87.3 Å². The minimum atomic E-state index is -0.216. The Labute approximate surface area is 150 Å². The SMILES string of the molecule is Cc1ccccc1OCCN(C)C(C)C(=O)NC(C)c1ccccc1. The molecule has 0 heterocycles. The molecule has 0 aliphatic carbocycles. The van der Waals surface area contributed by atoms with Crippen molar-refractivity contribution in [3.05, 3.63) is 65.7 Å². The maximum atomic E-state index is 12.5. The van der Waals surface area contributed by atoms with Crippen LogP contribution in [0.3, 0.4) is 0 Å². The summed E-state index contributed by atoms with van der Waals surface area (Å²) in [6, 6.07) is 17.7. The molecule has 0 aliphatic rings. The molecule has 0 saturated carbocycles. The van der Waals surface area contributed by atoms with Crippen LogP contribution in [0.4, 0.5) is 0 Å². The molecule has 2 aromatic carbocycles. The van der Waals surface area contributed by atoms with Gasteiger partial charge in [0.05, 0.1) is 12.1 Å². The fourth-order valence-corrected chi connectivity index (χ4v) is 2.57. The first-order valence-corrected chi connectivity index (χ1v) is 8.73. The molecule has 0 aliphatic heterocycles. The monoisotopic (exact) mass is 340 g/mol. The number of carbonyl (C=O) groups excluding carboxylic acids is 1. The largest absolute Gasteiger partial charge is 0.492 e. The van der Waals surface area contributed by atoms with Gasteiger partial charge in [-0.1, -0.05) is 48.5 Å². The van der Waals surface area contributed by atoms with E-state index >= 15 is 0 Å². The van der Waals surface area contributed by atoms with Crippen LogP contribution in [-0.4, -0.2) is 37.0 Å². The summed E-state index contributed by atoms with van der Waals surface area (Å²) in [5.74, 6) is 0.917. The van der Waals surface area contributed by atoms with E-state index in [2.05, 4.69) is 5.32 Å². The minimum Gasteiger partial charge on any atom is -0.492 e. The molecule has 4 nitrogen and oxygen atoms in total. The second kappa shape index (κ2) is 9.23. The number of para-hydroxylation sites is 1. The van der Waals surface area contributed by atoms with Crippen molar-refractivity contribution in [3.8, 4) is 5.75 Å². The molecule has 2 rings (SSSR count). The van der Waals surface area contributed by atoms with Gasteiger partial charge in [-0.25, -0.2) is 0 Å². The van der Waals surface area contributed by atoms with Crippen LogP contribution in [-0.2, 0) is 4.79 Å². The molecule has 2 unspecified atom stereocenters. The Balaban J connectivity index is 1.79. The van der Waals surface area contributed by atoms with Gasteiger partial charge in [-0.3, -0.25) is 9.69 Å². The molecule has 0 saturated heterocycles. The molecule has 1 amide bonds. The fraction of sp³-hybridized carbons (Fsp3) is 0.381. The summed E-state index contributed by atoms with van der Waals surface area (Å²) in [5, 5.41) is 3.07. The number of nitrogens with one attached hydrogen (secondary N) is 1. The van der Waals surface area contributed by atoms with Crippen molar-refractivity contribution in [2.45, 2.75) is 32.9 Å². The third kappa shape index (κ3) is 5.61. The molecule has 2 atom stereocenters. The number of hydrogen-bond acceptors (Lipinski definition) is 3. The molecule has 0 aromatic heterocycles. The highest BCUT2D eigenvalue weighted by molar-refractivity contribution is 5.81. The lowest BCUT2D eigenvalue weighted by Gasteiger charge is -2.25. The van der Waals surface area contributed by atoms with Gasteiger partial charge in [-0.2, -0.15) is 0 Å². The lowest BCUT2D eigenvalue weighted by atomic mass is 10.1. The second-order valence-corrected chi connectivity index (χ2v) is 6.41. The predicted octanol–water partition coefficient (Wildman–Crippen LogP) is 3.57. The first-order chi connectivity index (χ1) is 12.0. The number of amides is 1. The second-order valence-electron chi connectivity index (χ2n) is 6.41. The number of benzene rings is 2. The van der Waals surface area contributed by atoms with E-state index in [1.165, 1.54) is 0 Å². The van der Waals surface area contributed by atoms with Crippen LogP contribution in [0.25, 0.3) is 0 Å². The van der Waals surface area contributed by atoms with Crippen molar-refractivity contribution in [2.75, 3.05) is 20.2 Å². The van der Waals surface area contributed by atoms with Crippen LogP contribution in [0, 0.1) is 6.92 Å². The molecule has 25 heavy (non-hydrogen) atoms. The molecular formula is C21H28N2O2. The van der Waals surface area contributed by atoms with Crippen LogP contribution in [0.5, 0.6) is 5.75 Å². The summed E-state index contributed by atoms with van der Waals surface area (Å²) in [6.07, 6.45) is 0. The van der Waals surface area contributed by atoms with Crippen LogP contribution in [0.15, 0.2) is 54.6 Å². The maximum absolute atomic E-state index is 12.5. The van der Waals surface area contributed by atoms with Crippen molar-refractivity contribution in [2.24, 2.45) is 0 Å². The summed E-state index contributed by atoms with van der Waals surface area (Å²) in [7, 11) is 1.94. The van der Waals surface area contributed by atoms with Gasteiger partial charge in [0, 0.05) is 6.54 Å². The summed E-state index contributed by atoms with van der Waals surface area (Å²) in [4.78, 5) is 14.5. The quantitative estimate of drug-likeness (QED) is 0.799. The first-order valence-electron chi connectivity index (χ1n) is 8.73. The Bertz CT molecular complexity index is 673. The van der Waals surface area contributed by atoms with E-state index in [0.717, 1.165) is 16.9 Å². The van der Waals surface area contributed by atoms with Crippen LogP contribution >= 0.6 is 0 Å². The van der Waals surface area contributed by atoms with Gasteiger partial charge >= 0.3 is 0 Å². The molecule has 0 spiro atoms. The summed E-state index contributed by atoms with van der Waals surface area (Å²) in [6.45, 7) is 7.18. The Morgan fingerprint density at radius 2 is 1.72 bits per heavy atom. The predicted molar refractivity (Wildman–Crippen MR) is 102 cm³/mol. The fourth-order valence-electron chi connectivity index (χ4n) is 2.57. The third-order valence-electron chi connectivity index (χ3n) is 4.49. The molecule has 0 bridgehead atoms. The lowest BCUT2D eigenvalue weighted by Crippen LogP contribution is -2.45. The molecule has 1 N–H and O–H groups in total. The number of hydrogen-bond donors (Lipinski definition) is 1. The number of rotatable bonds is 8. The zero-order chi connectivity index (χ0) is 18.2. The van der Waals surface area contributed by atoms with Gasteiger partial charge in [0.25, 0.3) is 0 Å². The van der Waals surface area contributed by atoms with Crippen LogP contribution in [0.1, 0.15) is 31.0 Å². The van der Waals surface area contributed by atoms with Crippen LogP contribution < -0.4 is 10.1 Å². The standard InChI is InChI=1S/C21H28N2O2/c1-16-10-8-9-13-20(16)25-15-14-23(4)18(3)21(24)22-17(2)19-11-6-5-7-12-19/h5-13,17-18H,14-15H2,1-4H3,(H,22,24). The normalized spacial score (nSPS) is 13.3. The third-order valence-corrected chi connectivity index (χ3v) is 4.49. The molecule has 4 heteroatoms. The highest BCUT2D eigenvalue weighted by Gasteiger charge is 2.20. The topological polar surface area (TPSA) is 41.6 Å². The first kappa shape index (κ1) is 19.0. The van der Waals surface area contributed by atoms with E-state index < -0.39 is 0 Å². The van der Waals surface area contributed by atoms with Gasteiger partial charge in [0.15, 0.2) is 0 Å². The number of carbonyl (C=O) groups is 1. The van der Waals surface area contributed by atoms with Crippen molar-refractivity contribution < 1.29 is 9.53 Å². The average Bonchev–Trinajstić information content (AvgIpc) is 2.63. The van der Waals surface area contributed by atoms with Gasteiger partial charge in [-0.15, -0.1) is 0 Å².